The molecule has 0 bridgehead atoms. The zero-order valence-electron chi connectivity index (χ0n) is 17.8. The summed E-state index contributed by atoms with van der Waals surface area (Å²) in [6.45, 7) is 12.1. The van der Waals surface area contributed by atoms with Crippen molar-refractivity contribution < 1.29 is 9.59 Å². The fraction of sp³-hybridized carbons (Fsp3) is 0.280. The van der Waals surface area contributed by atoms with E-state index in [-0.39, 0.29) is 11.1 Å². The lowest BCUT2D eigenvalue weighted by Crippen LogP contribution is -2.17. The van der Waals surface area contributed by atoms with Gasteiger partial charge in [0.25, 0.3) is 11.1 Å². The zero-order chi connectivity index (χ0) is 21.6. The van der Waals surface area contributed by atoms with Crippen molar-refractivity contribution in [2.75, 3.05) is 0 Å². The van der Waals surface area contributed by atoms with Gasteiger partial charge in [0.2, 0.25) is 0 Å². The van der Waals surface area contributed by atoms with Crippen molar-refractivity contribution >= 4 is 22.9 Å². The number of carbonyl (C=O) groups is 2. The van der Waals surface area contributed by atoms with Crippen molar-refractivity contribution in [1.82, 2.24) is 5.32 Å². The van der Waals surface area contributed by atoms with Crippen LogP contribution in [0.1, 0.15) is 46.1 Å². The third kappa shape index (κ3) is 9.44. The Kier molecular flexibility index (Phi) is 11.4. The summed E-state index contributed by atoms with van der Waals surface area (Å²) >= 11 is 0.948. The maximum absolute atomic E-state index is 11.7. The smallest absolute Gasteiger partial charge is 0.282 e. The van der Waals surface area contributed by atoms with E-state index in [0.29, 0.717) is 11.3 Å². The lowest BCUT2D eigenvalue weighted by atomic mass is 10.0. The molecule has 0 atom stereocenters. The molecular formula is C25H31NO2S. The van der Waals surface area contributed by atoms with E-state index < -0.39 is 0 Å². The Morgan fingerprint density at radius 2 is 1.79 bits per heavy atom. The van der Waals surface area contributed by atoms with Gasteiger partial charge in [-0.05, 0) is 62.1 Å². The van der Waals surface area contributed by atoms with Crippen LogP contribution in [0.15, 0.2) is 88.9 Å². The monoisotopic (exact) mass is 409 g/mol. The van der Waals surface area contributed by atoms with Crippen LogP contribution in [0, 0.1) is 0 Å². The fourth-order valence-electron chi connectivity index (χ4n) is 2.48. The normalized spacial score (nSPS) is 14.8. The number of hydrogen-bond donors (Lipinski definition) is 1. The van der Waals surface area contributed by atoms with E-state index in [4.69, 9.17) is 0 Å². The minimum absolute atomic E-state index is 0.313. The highest BCUT2D eigenvalue weighted by Crippen LogP contribution is 2.26. The summed E-state index contributed by atoms with van der Waals surface area (Å²) < 4.78 is 0. The van der Waals surface area contributed by atoms with Crippen LogP contribution in [0.3, 0.4) is 0 Å². The SMILES string of the molecule is C=C(/C=C\C=C/CC(/C=C1\SC(=O)NC1=O)=C(C)C)CCc1ccccc1.CC. The average molecular weight is 410 g/mol. The second-order valence-corrected chi connectivity index (χ2v) is 7.53. The molecular weight excluding hydrogens is 378 g/mol. The van der Waals surface area contributed by atoms with Crippen molar-refractivity contribution in [2.45, 2.75) is 47.0 Å². The van der Waals surface area contributed by atoms with Crippen LogP contribution >= 0.6 is 11.8 Å². The van der Waals surface area contributed by atoms with E-state index in [9.17, 15) is 9.59 Å². The molecule has 29 heavy (non-hydrogen) atoms. The predicted octanol–water partition coefficient (Wildman–Crippen LogP) is 6.91. The third-order valence-corrected chi connectivity index (χ3v) is 4.89. The second kappa shape index (κ2) is 13.6. The summed E-state index contributed by atoms with van der Waals surface area (Å²) in [7, 11) is 0. The van der Waals surface area contributed by atoms with Gasteiger partial charge in [-0.1, -0.05) is 86.2 Å². The van der Waals surface area contributed by atoms with E-state index in [0.717, 1.165) is 41.3 Å². The number of aryl methyl sites for hydroxylation is 1. The number of carbonyl (C=O) groups excluding carboxylic acids is 2. The van der Waals surface area contributed by atoms with E-state index >= 15 is 0 Å². The molecule has 0 radical (unpaired) electrons. The average Bonchev–Trinajstić information content (AvgIpc) is 3.04. The van der Waals surface area contributed by atoms with Gasteiger partial charge in [0.1, 0.15) is 0 Å². The fourth-order valence-corrected chi connectivity index (χ4v) is 3.17. The number of nitrogens with one attached hydrogen (secondary N) is 1. The van der Waals surface area contributed by atoms with Gasteiger partial charge in [-0.2, -0.15) is 0 Å². The molecule has 0 unspecified atom stereocenters. The molecule has 2 amide bonds. The number of amides is 2. The first-order chi connectivity index (χ1) is 14.0. The number of hydrogen-bond acceptors (Lipinski definition) is 3. The first kappa shape index (κ1) is 24.4. The molecule has 1 aromatic rings. The third-order valence-electron chi connectivity index (χ3n) is 4.08. The molecule has 1 aliphatic heterocycles. The molecule has 4 heteroatoms. The number of rotatable bonds is 8. The molecule has 154 valence electrons. The van der Waals surface area contributed by atoms with Gasteiger partial charge in [0.05, 0.1) is 4.91 Å². The van der Waals surface area contributed by atoms with E-state index in [1.165, 1.54) is 5.56 Å². The Labute approximate surface area is 179 Å². The molecule has 0 spiro atoms. The van der Waals surface area contributed by atoms with Crippen LogP contribution in [0.4, 0.5) is 4.79 Å². The Morgan fingerprint density at radius 3 is 2.38 bits per heavy atom. The highest BCUT2D eigenvalue weighted by Gasteiger charge is 2.25. The van der Waals surface area contributed by atoms with E-state index in [1.807, 2.05) is 58.1 Å². The van der Waals surface area contributed by atoms with Crippen LogP contribution in [0.5, 0.6) is 0 Å². The van der Waals surface area contributed by atoms with Crippen molar-refractivity contribution in [2.24, 2.45) is 0 Å². The van der Waals surface area contributed by atoms with Gasteiger partial charge in [0.15, 0.2) is 0 Å². The lowest BCUT2D eigenvalue weighted by Gasteiger charge is -2.02. The first-order valence-corrected chi connectivity index (χ1v) is 10.7. The summed E-state index contributed by atoms with van der Waals surface area (Å²) in [4.78, 5) is 23.4. The lowest BCUT2D eigenvalue weighted by molar-refractivity contribution is -0.115. The van der Waals surface area contributed by atoms with Crippen molar-refractivity contribution in [1.29, 1.82) is 0 Å². The highest BCUT2D eigenvalue weighted by molar-refractivity contribution is 8.18. The summed E-state index contributed by atoms with van der Waals surface area (Å²) in [6, 6.07) is 10.4. The van der Waals surface area contributed by atoms with Crippen molar-refractivity contribution in [3.63, 3.8) is 0 Å². The molecule has 1 aromatic carbocycles. The maximum Gasteiger partial charge on any atom is 0.290 e. The molecule has 0 aliphatic carbocycles. The van der Waals surface area contributed by atoms with Crippen molar-refractivity contribution in [3.05, 3.63) is 94.5 Å². The Hall–Kier alpha value is -2.59. The van der Waals surface area contributed by atoms with Crippen LogP contribution in [0.2, 0.25) is 0 Å². The molecule has 3 nitrogen and oxygen atoms in total. The Bertz CT molecular complexity index is 826. The number of thioether (sulfide) groups is 1. The molecule has 1 saturated heterocycles. The topological polar surface area (TPSA) is 46.2 Å². The largest absolute Gasteiger partial charge is 0.290 e. The minimum atomic E-state index is -0.317. The summed E-state index contributed by atoms with van der Waals surface area (Å²) in [6.07, 6.45) is 12.5. The van der Waals surface area contributed by atoms with Gasteiger partial charge >= 0.3 is 0 Å². The molecule has 0 saturated carbocycles. The van der Waals surface area contributed by atoms with Gasteiger partial charge in [-0.3, -0.25) is 14.9 Å². The summed E-state index contributed by atoms with van der Waals surface area (Å²) in [5, 5.41) is 1.97. The Morgan fingerprint density at radius 1 is 1.10 bits per heavy atom. The second-order valence-electron chi connectivity index (χ2n) is 6.51. The Balaban J connectivity index is 0.00000204. The van der Waals surface area contributed by atoms with Gasteiger partial charge < -0.3 is 0 Å². The maximum atomic E-state index is 11.7. The van der Waals surface area contributed by atoms with Crippen LogP contribution in [-0.4, -0.2) is 11.1 Å². The molecule has 1 aliphatic rings. The molecule has 1 fully saturated rings. The number of imide groups is 1. The number of allylic oxidation sites excluding steroid dienone is 8. The van der Waals surface area contributed by atoms with Gasteiger partial charge in [-0.25, -0.2) is 0 Å². The first-order valence-electron chi connectivity index (χ1n) is 9.92. The molecule has 1 N–H and O–H groups in total. The zero-order valence-corrected chi connectivity index (χ0v) is 18.6. The quantitative estimate of drug-likeness (QED) is 0.375. The van der Waals surface area contributed by atoms with E-state index in [1.54, 1.807) is 6.08 Å². The minimum Gasteiger partial charge on any atom is -0.282 e. The van der Waals surface area contributed by atoms with Crippen LogP contribution < -0.4 is 5.32 Å². The molecule has 2 rings (SSSR count). The summed E-state index contributed by atoms with van der Waals surface area (Å²) in [5.74, 6) is -0.317. The molecule has 1 heterocycles. The van der Waals surface area contributed by atoms with Crippen molar-refractivity contribution in [3.8, 4) is 0 Å². The predicted molar refractivity (Wildman–Crippen MR) is 126 cm³/mol. The molecule has 0 aromatic heterocycles. The standard InChI is InChI=1S/C23H25NO2S.C2H6/c1-17(2)20(16-21-22(25)24-23(26)27-21)13-9-4-6-10-18(3)14-15-19-11-7-5-8-12-19;1-2/h4-12,16H,3,13-15H2,1-2H3,(H,24,25,26);1-2H3/b9-4-,10-6-,21-16-;. The van der Waals surface area contributed by atoms with Gasteiger partial charge in [0, 0.05) is 0 Å². The highest BCUT2D eigenvalue weighted by atomic mass is 32.2. The van der Waals surface area contributed by atoms with E-state index in [2.05, 4.69) is 36.2 Å². The van der Waals surface area contributed by atoms with Crippen LogP contribution in [-0.2, 0) is 11.2 Å². The summed E-state index contributed by atoms with van der Waals surface area (Å²) in [5.41, 5.74) is 4.56. The van der Waals surface area contributed by atoms with Gasteiger partial charge in [-0.15, -0.1) is 0 Å². The van der Waals surface area contributed by atoms with Crippen LogP contribution in [0.25, 0.3) is 0 Å². The number of benzene rings is 1.